The lowest BCUT2D eigenvalue weighted by atomic mass is 10.2. The minimum absolute atomic E-state index is 0.316. The molecule has 0 bridgehead atoms. The van der Waals surface area contributed by atoms with Gasteiger partial charge in [-0.15, -0.1) is 10.2 Å². The summed E-state index contributed by atoms with van der Waals surface area (Å²) in [7, 11) is 1.65. The lowest BCUT2D eigenvalue weighted by Gasteiger charge is -2.06. The van der Waals surface area contributed by atoms with Crippen molar-refractivity contribution >= 4 is 33.8 Å². The normalized spacial score (nSPS) is 18.3. The van der Waals surface area contributed by atoms with Crippen molar-refractivity contribution in [3.8, 4) is 5.75 Å². The summed E-state index contributed by atoms with van der Waals surface area (Å²) in [6, 6.07) is 5.83. The van der Waals surface area contributed by atoms with Crippen molar-refractivity contribution in [1.29, 1.82) is 0 Å². The predicted molar refractivity (Wildman–Crippen MR) is 85.4 cm³/mol. The maximum absolute atomic E-state index is 5.62. The summed E-state index contributed by atoms with van der Waals surface area (Å²) in [4.78, 5) is 7.85. The van der Waals surface area contributed by atoms with Gasteiger partial charge in [0.1, 0.15) is 11.3 Å². The van der Waals surface area contributed by atoms with E-state index in [1.165, 1.54) is 0 Å². The molecule has 4 rings (SSSR count). The molecule has 0 radical (unpaired) electrons. The number of fused-ring (bicyclic) bond motifs is 3. The largest absolute Gasteiger partial charge is 0.497 e. The Kier molecular flexibility index (Phi) is 3.59. The molecule has 1 atom stereocenters. The standard InChI is InChI=1S/C15H16N4O2S/c1-20-9-4-5-12-11(7-9)13-14(16-12)17-15(19-18-13)22-8-10-3-2-6-21-10/h4-5,7,10H,2-3,6,8H2,1H3,(H,16,17,19)/t10-/m1/s1. The molecule has 3 aromatic rings. The molecule has 22 heavy (non-hydrogen) atoms. The molecule has 1 aliphatic heterocycles. The van der Waals surface area contributed by atoms with Gasteiger partial charge in [-0.1, -0.05) is 11.8 Å². The minimum Gasteiger partial charge on any atom is -0.497 e. The minimum atomic E-state index is 0.316. The van der Waals surface area contributed by atoms with Gasteiger partial charge in [-0.05, 0) is 31.0 Å². The van der Waals surface area contributed by atoms with E-state index in [0.717, 1.165) is 53.0 Å². The molecule has 1 N–H and O–H groups in total. The van der Waals surface area contributed by atoms with Crippen LogP contribution in [0, 0.1) is 0 Å². The number of ether oxygens (including phenoxy) is 2. The molecule has 7 heteroatoms. The van der Waals surface area contributed by atoms with Crippen LogP contribution in [0.3, 0.4) is 0 Å². The Hall–Kier alpha value is -1.86. The summed E-state index contributed by atoms with van der Waals surface area (Å²) >= 11 is 1.60. The van der Waals surface area contributed by atoms with E-state index in [4.69, 9.17) is 9.47 Å². The average molecular weight is 316 g/mol. The molecule has 0 spiro atoms. The van der Waals surface area contributed by atoms with Crippen molar-refractivity contribution in [2.75, 3.05) is 19.5 Å². The number of hydrogen-bond donors (Lipinski definition) is 1. The molecule has 0 saturated carbocycles. The molecule has 1 aliphatic rings. The zero-order valence-electron chi connectivity index (χ0n) is 12.2. The fraction of sp³-hybridized carbons (Fsp3) is 0.400. The topological polar surface area (TPSA) is 72.9 Å². The molecule has 1 saturated heterocycles. The highest BCUT2D eigenvalue weighted by Gasteiger charge is 2.17. The summed E-state index contributed by atoms with van der Waals surface area (Å²) in [5.74, 6) is 1.67. The van der Waals surface area contributed by atoms with E-state index in [-0.39, 0.29) is 0 Å². The van der Waals surface area contributed by atoms with E-state index >= 15 is 0 Å². The first kappa shape index (κ1) is 13.8. The van der Waals surface area contributed by atoms with Crippen LogP contribution >= 0.6 is 11.8 Å². The SMILES string of the molecule is COc1ccc2[nH]c3nc(SC[C@H]4CCCO4)nnc3c2c1. The number of aromatic amines is 1. The zero-order valence-corrected chi connectivity index (χ0v) is 13.0. The van der Waals surface area contributed by atoms with Gasteiger partial charge in [0, 0.05) is 23.3 Å². The number of rotatable bonds is 4. The van der Waals surface area contributed by atoms with Gasteiger partial charge in [0.15, 0.2) is 5.65 Å². The number of nitrogens with one attached hydrogen (secondary N) is 1. The quantitative estimate of drug-likeness (QED) is 0.746. The van der Waals surface area contributed by atoms with Gasteiger partial charge in [0.2, 0.25) is 5.16 Å². The van der Waals surface area contributed by atoms with Gasteiger partial charge < -0.3 is 14.5 Å². The van der Waals surface area contributed by atoms with E-state index in [9.17, 15) is 0 Å². The number of hydrogen-bond acceptors (Lipinski definition) is 6. The fourth-order valence-corrected chi connectivity index (χ4v) is 3.52. The first-order valence-electron chi connectivity index (χ1n) is 7.28. The smallest absolute Gasteiger partial charge is 0.211 e. The first-order chi connectivity index (χ1) is 10.8. The molecule has 3 heterocycles. The van der Waals surface area contributed by atoms with Crippen molar-refractivity contribution < 1.29 is 9.47 Å². The highest BCUT2D eigenvalue weighted by atomic mass is 32.2. The Bertz CT molecular complexity index is 814. The van der Waals surface area contributed by atoms with E-state index in [0.29, 0.717) is 11.3 Å². The maximum atomic E-state index is 5.62. The van der Waals surface area contributed by atoms with Crippen LogP contribution in [-0.2, 0) is 4.74 Å². The molecule has 0 amide bonds. The third-order valence-electron chi connectivity index (χ3n) is 3.82. The second-order valence-electron chi connectivity index (χ2n) is 5.27. The molecular weight excluding hydrogens is 300 g/mol. The van der Waals surface area contributed by atoms with Crippen molar-refractivity contribution in [3.05, 3.63) is 18.2 Å². The summed E-state index contributed by atoms with van der Waals surface area (Å²) in [6.07, 6.45) is 2.58. The molecule has 1 aromatic carbocycles. The van der Waals surface area contributed by atoms with Crippen LogP contribution in [-0.4, -0.2) is 45.7 Å². The van der Waals surface area contributed by atoms with Gasteiger partial charge in [-0.2, -0.15) is 0 Å². The summed E-state index contributed by atoms with van der Waals surface area (Å²) in [6.45, 7) is 0.868. The summed E-state index contributed by atoms with van der Waals surface area (Å²) in [5, 5.41) is 10.2. The first-order valence-corrected chi connectivity index (χ1v) is 8.26. The molecule has 114 valence electrons. The van der Waals surface area contributed by atoms with Crippen LogP contribution in [0.1, 0.15) is 12.8 Å². The Morgan fingerprint density at radius 1 is 1.41 bits per heavy atom. The van der Waals surface area contributed by atoms with Crippen molar-refractivity contribution in [2.24, 2.45) is 0 Å². The van der Waals surface area contributed by atoms with Gasteiger partial charge in [-0.3, -0.25) is 0 Å². The van der Waals surface area contributed by atoms with E-state index in [1.807, 2.05) is 18.2 Å². The number of aromatic nitrogens is 4. The average Bonchev–Trinajstić information content (AvgIpc) is 3.19. The van der Waals surface area contributed by atoms with Crippen LogP contribution in [0.15, 0.2) is 23.4 Å². The van der Waals surface area contributed by atoms with Crippen LogP contribution in [0.5, 0.6) is 5.75 Å². The van der Waals surface area contributed by atoms with Gasteiger partial charge in [-0.25, -0.2) is 4.98 Å². The van der Waals surface area contributed by atoms with Crippen molar-refractivity contribution in [1.82, 2.24) is 20.2 Å². The van der Waals surface area contributed by atoms with E-state index < -0.39 is 0 Å². The molecule has 1 fully saturated rings. The molecule has 0 unspecified atom stereocenters. The van der Waals surface area contributed by atoms with Crippen molar-refractivity contribution in [3.63, 3.8) is 0 Å². The van der Waals surface area contributed by atoms with Gasteiger partial charge >= 0.3 is 0 Å². The third kappa shape index (κ3) is 2.50. The molecule has 0 aliphatic carbocycles. The predicted octanol–water partition coefficient (Wildman–Crippen LogP) is 2.79. The van der Waals surface area contributed by atoms with E-state index in [2.05, 4.69) is 20.2 Å². The number of nitrogens with zero attached hydrogens (tertiary/aromatic N) is 3. The van der Waals surface area contributed by atoms with Crippen LogP contribution in [0.25, 0.3) is 22.1 Å². The highest BCUT2D eigenvalue weighted by molar-refractivity contribution is 7.99. The Balaban J connectivity index is 1.64. The number of thioether (sulfide) groups is 1. The fourth-order valence-electron chi connectivity index (χ4n) is 2.67. The Morgan fingerprint density at radius 2 is 2.36 bits per heavy atom. The highest BCUT2D eigenvalue weighted by Crippen LogP contribution is 2.27. The number of benzene rings is 1. The monoisotopic (exact) mass is 316 g/mol. The third-order valence-corrected chi connectivity index (χ3v) is 4.79. The second kappa shape index (κ2) is 5.73. The molecular formula is C15H16N4O2S. The summed E-state index contributed by atoms with van der Waals surface area (Å²) in [5.41, 5.74) is 2.52. The van der Waals surface area contributed by atoms with Crippen molar-refractivity contribution in [2.45, 2.75) is 24.1 Å². The lowest BCUT2D eigenvalue weighted by molar-refractivity contribution is 0.129. The molecule has 2 aromatic heterocycles. The number of H-pyrrole nitrogens is 1. The number of methoxy groups -OCH3 is 1. The Morgan fingerprint density at radius 3 is 3.18 bits per heavy atom. The van der Waals surface area contributed by atoms with Gasteiger partial charge in [0.05, 0.1) is 13.2 Å². The second-order valence-corrected chi connectivity index (χ2v) is 6.26. The van der Waals surface area contributed by atoms with Crippen LogP contribution in [0.2, 0.25) is 0 Å². The zero-order chi connectivity index (χ0) is 14.9. The van der Waals surface area contributed by atoms with Crippen LogP contribution in [0.4, 0.5) is 0 Å². The maximum Gasteiger partial charge on any atom is 0.211 e. The Labute approximate surface area is 131 Å². The summed E-state index contributed by atoms with van der Waals surface area (Å²) < 4.78 is 10.9. The van der Waals surface area contributed by atoms with Gasteiger partial charge in [0.25, 0.3) is 0 Å². The van der Waals surface area contributed by atoms with Crippen LogP contribution < -0.4 is 4.74 Å². The van der Waals surface area contributed by atoms with E-state index in [1.54, 1.807) is 18.9 Å². The molecule has 6 nitrogen and oxygen atoms in total. The lowest BCUT2D eigenvalue weighted by Crippen LogP contribution is -2.08.